The first-order chi connectivity index (χ1) is 6.24. The largest absolute Gasteiger partial charge is 0.480 e. The van der Waals surface area contributed by atoms with Crippen LogP contribution in [0.3, 0.4) is 0 Å². The topological polar surface area (TPSA) is 58.6 Å². The number of hydrogen-bond donors (Lipinski definition) is 2. The average Bonchev–Trinajstić information content (AvgIpc) is 2.00. The van der Waals surface area contributed by atoms with Crippen LogP contribution >= 0.6 is 0 Å². The predicted octanol–water partition coefficient (Wildman–Crippen LogP) is 0.618. The summed E-state index contributed by atoms with van der Waals surface area (Å²) in [5.74, 6) is -0.806. The fraction of sp³-hybridized carbons (Fsp3) is 0.889. The normalized spacial score (nSPS) is 19.5. The summed E-state index contributed by atoms with van der Waals surface area (Å²) in [6.07, 6.45) is 4.46. The molecule has 0 aromatic rings. The number of likely N-dealkylation sites (N-methyl/N-ethyl adjacent to an activating group) is 1. The molecular weight excluding hydrogens is 170 g/mol. The van der Waals surface area contributed by atoms with Crippen LogP contribution < -0.4 is 5.32 Å². The van der Waals surface area contributed by atoms with E-state index >= 15 is 0 Å². The summed E-state index contributed by atoms with van der Waals surface area (Å²) in [6.45, 7) is 0.544. The van der Waals surface area contributed by atoms with Crippen LogP contribution in [0.2, 0.25) is 0 Å². The highest BCUT2D eigenvalue weighted by Gasteiger charge is 2.19. The maximum absolute atomic E-state index is 10.6. The Morgan fingerprint density at radius 2 is 2.38 bits per heavy atom. The third kappa shape index (κ3) is 3.32. The Bertz CT molecular complexity index is 168. The van der Waals surface area contributed by atoms with E-state index in [0.717, 1.165) is 12.8 Å². The van der Waals surface area contributed by atoms with Crippen molar-refractivity contribution in [3.8, 4) is 0 Å². The van der Waals surface area contributed by atoms with Crippen molar-refractivity contribution >= 4 is 5.97 Å². The van der Waals surface area contributed by atoms with Crippen LogP contribution in [0.4, 0.5) is 0 Å². The Morgan fingerprint density at radius 1 is 1.69 bits per heavy atom. The molecule has 0 aromatic heterocycles. The van der Waals surface area contributed by atoms with Gasteiger partial charge < -0.3 is 15.2 Å². The van der Waals surface area contributed by atoms with Crippen molar-refractivity contribution in [2.24, 2.45) is 0 Å². The Morgan fingerprint density at radius 3 is 2.77 bits per heavy atom. The lowest BCUT2D eigenvalue weighted by atomic mass is 9.96. The van der Waals surface area contributed by atoms with Crippen LogP contribution in [0.5, 0.6) is 0 Å². The van der Waals surface area contributed by atoms with Crippen LogP contribution in [-0.4, -0.2) is 36.9 Å². The Labute approximate surface area is 78.3 Å². The van der Waals surface area contributed by atoms with Crippen molar-refractivity contribution in [1.82, 2.24) is 5.32 Å². The maximum Gasteiger partial charge on any atom is 0.320 e. The molecule has 1 rings (SSSR count). The molecule has 2 N–H and O–H groups in total. The number of aliphatic carboxylic acids is 1. The molecule has 1 saturated carbocycles. The van der Waals surface area contributed by atoms with E-state index in [1.165, 1.54) is 6.42 Å². The zero-order valence-corrected chi connectivity index (χ0v) is 7.95. The van der Waals surface area contributed by atoms with Crippen LogP contribution in [0.15, 0.2) is 0 Å². The van der Waals surface area contributed by atoms with Gasteiger partial charge in [-0.05, 0) is 32.7 Å². The first-order valence-corrected chi connectivity index (χ1v) is 4.75. The van der Waals surface area contributed by atoms with Crippen molar-refractivity contribution in [2.75, 3.05) is 13.7 Å². The van der Waals surface area contributed by atoms with E-state index in [2.05, 4.69) is 5.32 Å². The van der Waals surface area contributed by atoms with Crippen molar-refractivity contribution in [3.05, 3.63) is 0 Å². The first-order valence-electron chi connectivity index (χ1n) is 4.75. The molecule has 1 aliphatic rings. The Hall–Kier alpha value is -0.610. The lowest BCUT2D eigenvalue weighted by Crippen LogP contribution is -2.35. The predicted molar refractivity (Wildman–Crippen MR) is 48.7 cm³/mol. The van der Waals surface area contributed by atoms with Gasteiger partial charge in [-0.3, -0.25) is 4.79 Å². The molecule has 0 heterocycles. The molecule has 76 valence electrons. The van der Waals surface area contributed by atoms with E-state index in [-0.39, 0.29) is 0 Å². The van der Waals surface area contributed by atoms with Gasteiger partial charge in [0.25, 0.3) is 0 Å². The number of nitrogens with one attached hydrogen (secondary N) is 1. The minimum absolute atomic E-state index is 0.395. The summed E-state index contributed by atoms with van der Waals surface area (Å²) in [4.78, 5) is 10.6. The van der Waals surface area contributed by atoms with Gasteiger partial charge >= 0.3 is 5.97 Å². The molecule has 1 atom stereocenters. The van der Waals surface area contributed by atoms with Crippen molar-refractivity contribution < 1.29 is 14.6 Å². The molecule has 4 heteroatoms. The van der Waals surface area contributed by atoms with Gasteiger partial charge in [0.05, 0.1) is 6.10 Å². The summed E-state index contributed by atoms with van der Waals surface area (Å²) in [7, 11) is 1.65. The molecule has 0 amide bonds. The van der Waals surface area contributed by atoms with Crippen LogP contribution in [0.1, 0.15) is 25.7 Å². The summed E-state index contributed by atoms with van der Waals surface area (Å²) < 4.78 is 5.46. The summed E-state index contributed by atoms with van der Waals surface area (Å²) >= 11 is 0. The van der Waals surface area contributed by atoms with Gasteiger partial charge in [-0.1, -0.05) is 0 Å². The molecular formula is C9H17NO3. The molecule has 0 aromatic carbocycles. The highest BCUT2D eigenvalue weighted by Crippen LogP contribution is 2.21. The van der Waals surface area contributed by atoms with Gasteiger partial charge in [-0.2, -0.15) is 0 Å². The summed E-state index contributed by atoms with van der Waals surface area (Å²) in [5.41, 5.74) is 0. The van der Waals surface area contributed by atoms with E-state index in [0.29, 0.717) is 19.1 Å². The summed E-state index contributed by atoms with van der Waals surface area (Å²) in [5, 5.41) is 11.4. The number of carbonyl (C=O) groups is 1. The third-order valence-corrected chi connectivity index (χ3v) is 2.46. The van der Waals surface area contributed by atoms with E-state index in [1.807, 2.05) is 0 Å². The highest BCUT2D eigenvalue weighted by molar-refractivity contribution is 5.73. The van der Waals surface area contributed by atoms with Crippen molar-refractivity contribution in [2.45, 2.75) is 37.8 Å². The second-order valence-corrected chi connectivity index (χ2v) is 3.39. The minimum atomic E-state index is -0.806. The Balaban J connectivity index is 2.05. The second-order valence-electron chi connectivity index (χ2n) is 3.39. The zero-order chi connectivity index (χ0) is 9.68. The maximum atomic E-state index is 10.6. The summed E-state index contributed by atoms with van der Waals surface area (Å²) in [6, 6.07) is -0.472. The molecule has 13 heavy (non-hydrogen) atoms. The number of carboxylic acid groups (broad SMARTS) is 1. The number of rotatable bonds is 6. The number of carboxylic acids is 1. The smallest absolute Gasteiger partial charge is 0.320 e. The molecule has 0 aliphatic heterocycles. The standard InChI is InChI=1S/C9H17NO3/c1-10-8(9(11)12)5-6-13-7-3-2-4-7/h7-8,10H,2-6H2,1H3,(H,11,12)/t8-/m1/s1. The minimum Gasteiger partial charge on any atom is -0.480 e. The fourth-order valence-corrected chi connectivity index (χ4v) is 1.28. The van der Waals surface area contributed by atoms with Gasteiger partial charge in [-0.15, -0.1) is 0 Å². The highest BCUT2D eigenvalue weighted by atomic mass is 16.5. The van der Waals surface area contributed by atoms with Crippen LogP contribution in [0.25, 0.3) is 0 Å². The average molecular weight is 187 g/mol. The monoisotopic (exact) mass is 187 g/mol. The van der Waals surface area contributed by atoms with E-state index < -0.39 is 12.0 Å². The third-order valence-electron chi connectivity index (χ3n) is 2.46. The van der Waals surface area contributed by atoms with Crippen LogP contribution in [-0.2, 0) is 9.53 Å². The van der Waals surface area contributed by atoms with Gasteiger partial charge in [0.2, 0.25) is 0 Å². The molecule has 0 radical (unpaired) electrons. The number of hydrogen-bond acceptors (Lipinski definition) is 3. The zero-order valence-electron chi connectivity index (χ0n) is 7.95. The molecule has 0 spiro atoms. The van der Waals surface area contributed by atoms with E-state index in [1.54, 1.807) is 7.05 Å². The van der Waals surface area contributed by atoms with Gasteiger partial charge in [0.1, 0.15) is 6.04 Å². The molecule has 1 aliphatic carbocycles. The van der Waals surface area contributed by atoms with Gasteiger partial charge in [0.15, 0.2) is 0 Å². The molecule has 0 bridgehead atoms. The molecule has 4 nitrogen and oxygen atoms in total. The Kier molecular flexibility index (Phi) is 4.18. The lowest BCUT2D eigenvalue weighted by molar-refractivity contribution is -0.140. The van der Waals surface area contributed by atoms with E-state index in [4.69, 9.17) is 9.84 Å². The van der Waals surface area contributed by atoms with Crippen LogP contribution in [0, 0.1) is 0 Å². The quantitative estimate of drug-likeness (QED) is 0.640. The second kappa shape index (κ2) is 5.19. The molecule has 0 saturated heterocycles. The first kappa shape index (κ1) is 10.5. The molecule has 1 fully saturated rings. The van der Waals surface area contributed by atoms with Gasteiger partial charge in [0, 0.05) is 6.61 Å². The number of ether oxygens (including phenoxy) is 1. The lowest BCUT2D eigenvalue weighted by Gasteiger charge is -2.26. The SMILES string of the molecule is CN[C@H](CCOC1CCC1)C(=O)O. The molecule has 0 unspecified atom stereocenters. The van der Waals surface area contributed by atoms with E-state index in [9.17, 15) is 4.79 Å². The van der Waals surface area contributed by atoms with Crippen molar-refractivity contribution in [1.29, 1.82) is 0 Å². The van der Waals surface area contributed by atoms with Gasteiger partial charge in [-0.25, -0.2) is 0 Å². The van der Waals surface area contributed by atoms with Crippen molar-refractivity contribution in [3.63, 3.8) is 0 Å². The fourth-order valence-electron chi connectivity index (χ4n) is 1.28.